The van der Waals surface area contributed by atoms with E-state index in [2.05, 4.69) is 10.6 Å². The summed E-state index contributed by atoms with van der Waals surface area (Å²) in [6.45, 7) is 1.05. The molecule has 29 heavy (non-hydrogen) atoms. The van der Waals surface area contributed by atoms with Crippen molar-refractivity contribution in [1.29, 1.82) is 5.41 Å². The fourth-order valence-corrected chi connectivity index (χ4v) is 3.15. The molecule has 2 atom stereocenters. The summed E-state index contributed by atoms with van der Waals surface area (Å²) in [6, 6.07) is -1.84. The number of rotatable bonds is 9. The summed E-state index contributed by atoms with van der Waals surface area (Å²) in [6.07, 6.45) is 8.91. The van der Waals surface area contributed by atoms with Gasteiger partial charge >= 0.3 is 5.97 Å². The number of amides is 2. The summed E-state index contributed by atoms with van der Waals surface area (Å²) in [7, 11) is 0. The molecule has 2 rings (SSSR count). The van der Waals surface area contributed by atoms with Crippen LogP contribution in [0, 0.1) is 5.41 Å². The van der Waals surface area contributed by atoms with Crippen molar-refractivity contribution in [3.05, 3.63) is 35.5 Å². The topological polar surface area (TPSA) is 175 Å². The Morgan fingerprint density at radius 2 is 2.03 bits per heavy atom. The summed E-state index contributed by atoms with van der Waals surface area (Å²) >= 11 is 0. The lowest BCUT2D eigenvalue weighted by atomic mass is 9.98. The molecule has 2 aliphatic rings. The van der Waals surface area contributed by atoms with Crippen LogP contribution < -0.4 is 22.1 Å². The van der Waals surface area contributed by atoms with Gasteiger partial charge in [0.15, 0.2) is 5.96 Å². The first kappa shape index (κ1) is 22.2. The second kappa shape index (κ2) is 10.4. The lowest BCUT2D eigenvalue weighted by molar-refractivity contribution is -0.140. The Hall–Kier alpha value is -3.14. The zero-order chi connectivity index (χ0) is 21.4. The number of carbonyl (C=O) groups excluding carboxylic acids is 2. The van der Waals surface area contributed by atoms with Crippen molar-refractivity contribution in [2.45, 2.75) is 37.8 Å². The number of nitrogens with one attached hydrogen (secondary N) is 3. The van der Waals surface area contributed by atoms with Crippen LogP contribution in [0.1, 0.15) is 25.7 Å². The minimum atomic E-state index is -1.12. The van der Waals surface area contributed by atoms with Gasteiger partial charge in [0.05, 0.1) is 6.04 Å². The highest BCUT2D eigenvalue weighted by Crippen LogP contribution is 2.16. The molecule has 0 saturated carbocycles. The Bertz CT molecular complexity index is 758. The van der Waals surface area contributed by atoms with Crippen LogP contribution in [0.5, 0.6) is 0 Å². The quantitative estimate of drug-likeness (QED) is 0.165. The SMILES string of the molecule is N=C(N)N1CC=C(CC(N)C(=O)NCCC(=O)NC(C(=O)O)C2=CCC=CC2)C1. The third-order valence-corrected chi connectivity index (χ3v) is 4.76. The van der Waals surface area contributed by atoms with E-state index in [-0.39, 0.29) is 18.9 Å². The Balaban J connectivity index is 1.72. The highest BCUT2D eigenvalue weighted by Gasteiger charge is 2.24. The molecule has 10 heteroatoms. The predicted molar refractivity (Wildman–Crippen MR) is 108 cm³/mol. The fraction of sp³-hybridized carbons (Fsp3) is 0.474. The number of carboxylic acids is 1. The smallest absolute Gasteiger partial charge is 0.330 e. The summed E-state index contributed by atoms with van der Waals surface area (Å²) < 4.78 is 0. The van der Waals surface area contributed by atoms with Crippen molar-refractivity contribution in [3.8, 4) is 0 Å². The maximum atomic E-state index is 12.1. The maximum absolute atomic E-state index is 12.1. The lowest BCUT2D eigenvalue weighted by Gasteiger charge is -2.19. The van der Waals surface area contributed by atoms with E-state index < -0.39 is 29.9 Å². The molecule has 158 valence electrons. The molecule has 8 N–H and O–H groups in total. The first-order valence-corrected chi connectivity index (χ1v) is 9.44. The summed E-state index contributed by atoms with van der Waals surface area (Å²) in [5, 5.41) is 21.8. The molecule has 2 unspecified atom stereocenters. The molecular weight excluding hydrogens is 376 g/mol. The normalized spacial score (nSPS) is 17.8. The van der Waals surface area contributed by atoms with Crippen LogP contribution in [-0.4, -0.2) is 65.5 Å². The number of nitrogens with zero attached hydrogens (tertiary/aromatic N) is 1. The molecule has 1 aliphatic carbocycles. The van der Waals surface area contributed by atoms with Gasteiger partial charge in [0.1, 0.15) is 6.04 Å². The number of carbonyl (C=O) groups is 3. The van der Waals surface area contributed by atoms with Crippen molar-refractivity contribution >= 4 is 23.7 Å². The van der Waals surface area contributed by atoms with Crippen LogP contribution >= 0.6 is 0 Å². The van der Waals surface area contributed by atoms with E-state index in [4.69, 9.17) is 16.9 Å². The molecule has 0 aromatic rings. The van der Waals surface area contributed by atoms with Gasteiger partial charge in [-0.1, -0.05) is 29.9 Å². The van der Waals surface area contributed by atoms with E-state index in [9.17, 15) is 19.5 Å². The summed E-state index contributed by atoms with van der Waals surface area (Å²) in [5.74, 6) is -2.00. The van der Waals surface area contributed by atoms with Gasteiger partial charge in [-0.2, -0.15) is 0 Å². The Kier molecular flexibility index (Phi) is 7.96. The Morgan fingerprint density at radius 3 is 2.62 bits per heavy atom. The minimum absolute atomic E-state index is 0.0278. The molecule has 0 saturated heterocycles. The third kappa shape index (κ3) is 6.75. The number of carboxylic acid groups (broad SMARTS) is 1. The zero-order valence-electron chi connectivity index (χ0n) is 16.2. The number of aliphatic carboxylic acids is 1. The molecular formula is C19H28N6O4. The van der Waals surface area contributed by atoms with Crippen LogP contribution in [0.3, 0.4) is 0 Å². The molecule has 1 aliphatic heterocycles. The monoisotopic (exact) mass is 404 g/mol. The van der Waals surface area contributed by atoms with Crippen LogP contribution in [0.15, 0.2) is 35.5 Å². The molecule has 0 aromatic carbocycles. The number of allylic oxidation sites excluding steroid dienone is 3. The lowest BCUT2D eigenvalue weighted by Crippen LogP contribution is -2.45. The van der Waals surface area contributed by atoms with E-state index in [1.807, 2.05) is 18.2 Å². The first-order valence-electron chi connectivity index (χ1n) is 9.44. The highest BCUT2D eigenvalue weighted by atomic mass is 16.4. The average Bonchev–Trinajstić information content (AvgIpc) is 3.15. The van der Waals surface area contributed by atoms with Crippen molar-refractivity contribution < 1.29 is 19.5 Å². The Labute approximate surface area is 169 Å². The van der Waals surface area contributed by atoms with Crippen LogP contribution in [0.25, 0.3) is 0 Å². The van der Waals surface area contributed by atoms with Gasteiger partial charge in [-0.3, -0.25) is 15.0 Å². The van der Waals surface area contributed by atoms with Gasteiger partial charge in [-0.15, -0.1) is 0 Å². The molecule has 0 bridgehead atoms. The molecule has 2 amide bonds. The zero-order valence-corrected chi connectivity index (χ0v) is 16.2. The standard InChI is InChI=1S/C19H28N6O4/c20-14(10-12-7-9-25(11-12)19(21)22)17(27)23-8-6-15(26)24-16(18(28)29)13-4-2-1-3-5-13/h1-2,5,7,14,16H,3-4,6,8-11,20H2,(H3,21,22)(H,23,27)(H,24,26)(H,28,29). The summed E-state index contributed by atoms with van der Waals surface area (Å²) in [4.78, 5) is 37.3. The van der Waals surface area contributed by atoms with Gasteiger partial charge in [-0.05, 0) is 24.8 Å². The highest BCUT2D eigenvalue weighted by molar-refractivity contribution is 5.87. The van der Waals surface area contributed by atoms with Crippen molar-refractivity contribution in [2.24, 2.45) is 11.5 Å². The van der Waals surface area contributed by atoms with E-state index in [0.29, 0.717) is 37.9 Å². The average molecular weight is 404 g/mol. The van der Waals surface area contributed by atoms with E-state index in [1.165, 1.54) is 0 Å². The second-order valence-electron chi connectivity index (χ2n) is 7.01. The largest absolute Gasteiger partial charge is 0.479 e. The van der Waals surface area contributed by atoms with Gasteiger partial charge in [0, 0.05) is 26.1 Å². The maximum Gasteiger partial charge on any atom is 0.330 e. The number of hydrogen-bond acceptors (Lipinski definition) is 5. The number of guanidine groups is 1. The van der Waals surface area contributed by atoms with Gasteiger partial charge in [0.2, 0.25) is 11.8 Å². The van der Waals surface area contributed by atoms with Gasteiger partial charge in [0.25, 0.3) is 0 Å². The fourth-order valence-electron chi connectivity index (χ4n) is 3.15. The van der Waals surface area contributed by atoms with Crippen LogP contribution in [-0.2, 0) is 14.4 Å². The van der Waals surface area contributed by atoms with E-state index in [1.54, 1.807) is 11.0 Å². The van der Waals surface area contributed by atoms with Crippen LogP contribution in [0.2, 0.25) is 0 Å². The molecule has 0 fully saturated rings. The molecule has 0 aromatic heterocycles. The molecule has 0 radical (unpaired) electrons. The van der Waals surface area contributed by atoms with Crippen molar-refractivity contribution in [1.82, 2.24) is 15.5 Å². The van der Waals surface area contributed by atoms with Crippen LogP contribution in [0.4, 0.5) is 0 Å². The second-order valence-corrected chi connectivity index (χ2v) is 7.01. The van der Waals surface area contributed by atoms with Crippen molar-refractivity contribution in [3.63, 3.8) is 0 Å². The minimum Gasteiger partial charge on any atom is -0.479 e. The Morgan fingerprint density at radius 1 is 1.28 bits per heavy atom. The van der Waals surface area contributed by atoms with E-state index in [0.717, 1.165) is 5.57 Å². The van der Waals surface area contributed by atoms with Gasteiger partial charge in [-0.25, -0.2) is 4.79 Å². The molecule has 0 spiro atoms. The number of nitrogens with two attached hydrogens (primary N) is 2. The molecule has 1 heterocycles. The molecule has 10 nitrogen and oxygen atoms in total. The van der Waals surface area contributed by atoms with Crippen molar-refractivity contribution in [2.75, 3.05) is 19.6 Å². The summed E-state index contributed by atoms with van der Waals surface area (Å²) in [5.41, 5.74) is 12.9. The predicted octanol–water partition coefficient (Wildman–Crippen LogP) is -0.809. The number of hydrogen-bond donors (Lipinski definition) is 6. The van der Waals surface area contributed by atoms with E-state index >= 15 is 0 Å². The first-order chi connectivity index (χ1) is 13.8. The third-order valence-electron chi connectivity index (χ3n) is 4.76. The van der Waals surface area contributed by atoms with Gasteiger partial charge < -0.3 is 32.1 Å².